The maximum Gasteiger partial charge on any atom is 0.335 e. The molecule has 0 spiro atoms. The Morgan fingerprint density at radius 2 is 2.05 bits per heavy atom. The largest absolute Gasteiger partial charge is 0.478 e. The summed E-state index contributed by atoms with van der Waals surface area (Å²) >= 11 is 0. The quantitative estimate of drug-likeness (QED) is 0.750. The minimum atomic E-state index is -0.865. The summed E-state index contributed by atoms with van der Waals surface area (Å²) in [5, 5.41) is 16.5. The first kappa shape index (κ1) is 14.3. The van der Waals surface area contributed by atoms with Crippen molar-refractivity contribution in [2.24, 2.45) is 7.05 Å². The molecule has 5 nitrogen and oxygen atoms in total. The first-order valence-electron chi connectivity index (χ1n) is 6.66. The van der Waals surface area contributed by atoms with Crippen molar-refractivity contribution in [2.75, 3.05) is 13.1 Å². The van der Waals surface area contributed by atoms with Gasteiger partial charge in [-0.25, -0.2) is 4.79 Å². The molecule has 0 bridgehead atoms. The van der Waals surface area contributed by atoms with Crippen molar-refractivity contribution >= 4 is 5.97 Å². The fourth-order valence-electron chi connectivity index (χ4n) is 2.13. The highest BCUT2D eigenvalue weighted by Gasteiger charge is 2.07. The maximum atomic E-state index is 11.1. The summed E-state index contributed by atoms with van der Waals surface area (Å²) in [4.78, 5) is 11.1. The Labute approximate surface area is 118 Å². The zero-order valence-electron chi connectivity index (χ0n) is 11.5. The summed E-state index contributed by atoms with van der Waals surface area (Å²) in [7, 11) is 1.90. The zero-order valence-corrected chi connectivity index (χ0v) is 11.5. The van der Waals surface area contributed by atoms with E-state index in [9.17, 15) is 4.79 Å². The molecule has 0 aliphatic rings. The Balaban J connectivity index is 1.75. The van der Waals surface area contributed by atoms with Crippen LogP contribution in [0.1, 0.15) is 21.5 Å². The van der Waals surface area contributed by atoms with Crippen molar-refractivity contribution in [2.45, 2.75) is 12.8 Å². The van der Waals surface area contributed by atoms with Gasteiger partial charge in [-0.2, -0.15) is 5.10 Å². The van der Waals surface area contributed by atoms with Crippen LogP contribution < -0.4 is 5.32 Å². The molecule has 0 aliphatic carbocycles. The lowest BCUT2D eigenvalue weighted by Gasteiger charge is -2.07. The molecule has 5 heteroatoms. The third-order valence-electron chi connectivity index (χ3n) is 3.17. The average Bonchev–Trinajstić information content (AvgIpc) is 2.84. The van der Waals surface area contributed by atoms with Crippen LogP contribution in [0, 0.1) is 0 Å². The normalized spacial score (nSPS) is 10.7. The van der Waals surface area contributed by atoms with E-state index >= 15 is 0 Å². The molecule has 0 fully saturated rings. The molecule has 106 valence electrons. The molecular weight excluding hydrogens is 254 g/mol. The van der Waals surface area contributed by atoms with Gasteiger partial charge in [0.15, 0.2) is 0 Å². The van der Waals surface area contributed by atoms with Crippen molar-refractivity contribution in [3.8, 4) is 0 Å². The number of aryl methyl sites for hydroxylation is 1. The Kier molecular flexibility index (Phi) is 4.90. The van der Waals surface area contributed by atoms with Crippen molar-refractivity contribution in [1.82, 2.24) is 15.1 Å². The molecule has 0 unspecified atom stereocenters. The van der Waals surface area contributed by atoms with Gasteiger partial charge >= 0.3 is 5.97 Å². The van der Waals surface area contributed by atoms with Gasteiger partial charge < -0.3 is 10.4 Å². The Hall–Kier alpha value is -2.14. The topological polar surface area (TPSA) is 67.2 Å². The van der Waals surface area contributed by atoms with Crippen molar-refractivity contribution in [1.29, 1.82) is 0 Å². The average molecular weight is 273 g/mol. The number of hydrogen-bond acceptors (Lipinski definition) is 3. The van der Waals surface area contributed by atoms with Crippen LogP contribution >= 0.6 is 0 Å². The van der Waals surface area contributed by atoms with Gasteiger partial charge in [0.1, 0.15) is 0 Å². The third-order valence-corrected chi connectivity index (χ3v) is 3.17. The summed E-state index contributed by atoms with van der Waals surface area (Å²) in [5.74, 6) is -0.865. The van der Waals surface area contributed by atoms with Gasteiger partial charge in [0, 0.05) is 13.2 Å². The highest BCUT2D eigenvalue weighted by atomic mass is 16.4. The molecule has 20 heavy (non-hydrogen) atoms. The van der Waals surface area contributed by atoms with Crippen LogP contribution in [0.25, 0.3) is 0 Å². The zero-order chi connectivity index (χ0) is 14.4. The molecule has 0 saturated carbocycles. The minimum Gasteiger partial charge on any atom is -0.478 e. The molecular formula is C15H19N3O2. The Morgan fingerprint density at radius 3 is 2.75 bits per heavy atom. The summed E-state index contributed by atoms with van der Waals surface area (Å²) in [6, 6.07) is 7.14. The fraction of sp³-hybridized carbons (Fsp3) is 0.333. The van der Waals surface area contributed by atoms with E-state index in [2.05, 4.69) is 10.4 Å². The highest BCUT2D eigenvalue weighted by Crippen LogP contribution is 2.09. The van der Waals surface area contributed by atoms with E-state index in [1.165, 1.54) is 5.56 Å². The van der Waals surface area contributed by atoms with E-state index in [4.69, 9.17) is 5.11 Å². The first-order valence-corrected chi connectivity index (χ1v) is 6.66. The van der Waals surface area contributed by atoms with Gasteiger partial charge in [-0.05, 0) is 43.1 Å². The maximum absolute atomic E-state index is 11.1. The standard InChI is InChI=1S/C15H19N3O2/c1-18-11-12(10-17-18)6-8-16-9-7-13-4-2-3-5-14(13)15(19)20/h2-5,10-11,16H,6-9H2,1H3,(H,19,20). The van der Waals surface area contributed by atoms with E-state index in [0.29, 0.717) is 5.56 Å². The number of nitrogens with zero attached hydrogens (tertiary/aromatic N) is 2. The number of hydrogen-bond donors (Lipinski definition) is 2. The van der Waals surface area contributed by atoms with Gasteiger partial charge in [0.25, 0.3) is 0 Å². The molecule has 2 N–H and O–H groups in total. The monoisotopic (exact) mass is 273 g/mol. The van der Waals surface area contributed by atoms with E-state index in [1.54, 1.807) is 16.8 Å². The number of carboxylic acids is 1. The highest BCUT2D eigenvalue weighted by molar-refractivity contribution is 5.89. The minimum absolute atomic E-state index is 0.390. The van der Waals surface area contributed by atoms with Crippen LogP contribution in [0.2, 0.25) is 0 Å². The van der Waals surface area contributed by atoms with Gasteiger partial charge in [-0.1, -0.05) is 18.2 Å². The van der Waals surface area contributed by atoms with Crippen molar-refractivity contribution in [3.63, 3.8) is 0 Å². The van der Waals surface area contributed by atoms with E-state index in [0.717, 1.165) is 31.5 Å². The number of aromatic carboxylic acids is 1. The molecule has 0 atom stereocenters. The molecule has 0 amide bonds. The SMILES string of the molecule is Cn1cc(CCNCCc2ccccc2C(=O)O)cn1. The van der Waals surface area contributed by atoms with Crippen LogP contribution in [0.3, 0.4) is 0 Å². The number of aromatic nitrogens is 2. The van der Waals surface area contributed by atoms with Gasteiger partial charge in [0.05, 0.1) is 11.8 Å². The molecule has 2 rings (SSSR count). The lowest BCUT2D eigenvalue weighted by atomic mass is 10.0. The molecule has 0 radical (unpaired) electrons. The summed E-state index contributed by atoms with van der Waals surface area (Å²) in [6.07, 6.45) is 5.51. The number of benzene rings is 1. The number of carbonyl (C=O) groups is 1. The van der Waals surface area contributed by atoms with Gasteiger partial charge in [-0.15, -0.1) is 0 Å². The molecule has 1 heterocycles. The second-order valence-corrected chi connectivity index (χ2v) is 4.73. The molecule has 1 aromatic carbocycles. The third kappa shape index (κ3) is 3.93. The van der Waals surface area contributed by atoms with Crippen LogP contribution in [0.4, 0.5) is 0 Å². The van der Waals surface area contributed by atoms with Crippen LogP contribution in [0.5, 0.6) is 0 Å². The van der Waals surface area contributed by atoms with E-state index in [-0.39, 0.29) is 0 Å². The van der Waals surface area contributed by atoms with Gasteiger partial charge in [-0.3, -0.25) is 4.68 Å². The predicted octanol–water partition coefficient (Wildman–Crippen LogP) is 1.49. The Bertz CT molecular complexity index is 578. The van der Waals surface area contributed by atoms with Crippen LogP contribution in [-0.2, 0) is 19.9 Å². The smallest absolute Gasteiger partial charge is 0.335 e. The molecule has 2 aromatic rings. The summed E-state index contributed by atoms with van der Waals surface area (Å²) < 4.78 is 1.79. The van der Waals surface area contributed by atoms with Crippen LogP contribution in [-0.4, -0.2) is 33.9 Å². The van der Waals surface area contributed by atoms with E-state index < -0.39 is 5.97 Å². The summed E-state index contributed by atoms with van der Waals surface area (Å²) in [5.41, 5.74) is 2.46. The lowest BCUT2D eigenvalue weighted by molar-refractivity contribution is 0.0695. The number of nitrogens with one attached hydrogen (secondary N) is 1. The number of carboxylic acid groups (broad SMARTS) is 1. The van der Waals surface area contributed by atoms with Crippen molar-refractivity contribution in [3.05, 3.63) is 53.3 Å². The van der Waals surface area contributed by atoms with E-state index in [1.807, 2.05) is 31.6 Å². The first-order chi connectivity index (χ1) is 9.66. The van der Waals surface area contributed by atoms with Gasteiger partial charge in [0.2, 0.25) is 0 Å². The lowest BCUT2D eigenvalue weighted by Crippen LogP contribution is -2.20. The second kappa shape index (κ2) is 6.86. The second-order valence-electron chi connectivity index (χ2n) is 4.73. The molecule has 0 saturated heterocycles. The summed E-state index contributed by atoms with van der Waals surface area (Å²) in [6.45, 7) is 1.63. The Morgan fingerprint density at radius 1 is 1.30 bits per heavy atom. The molecule has 1 aromatic heterocycles. The van der Waals surface area contributed by atoms with Crippen molar-refractivity contribution < 1.29 is 9.90 Å². The van der Waals surface area contributed by atoms with Crippen LogP contribution in [0.15, 0.2) is 36.7 Å². The fourth-order valence-corrected chi connectivity index (χ4v) is 2.13. The predicted molar refractivity (Wildman–Crippen MR) is 76.9 cm³/mol. The number of rotatable bonds is 7. The molecule has 0 aliphatic heterocycles.